The van der Waals surface area contributed by atoms with Gasteiger partial charge in [0, 0.05) is 10.5 Å². The first kappa shape index (κ1) is 13.7. The predicted molar refractivity (Wildman–Crippen MR) is 73.2 cm³/mol. The zero-order valence-electron chi connectivity index (χ0n) is 11.0. The summed E-state index contributed by atoms with van der Waals surface area (Å²) in [4.78, 5) is 0. The molecule has 2 rings (SSSR count). The second-order valence-electron chi connectivity index (χ2n) is 6.18. The second-order valence-corrected chi connectivity index (χ2v) is 7.67. The molecule has 2 saturated carbocycles. The van der Waals surface area contributed by atoms with Crippen LogP contribution in [0.25, 0.3) is 0 Å². The van der Waals surface area contributed by atoms with Crippen LogP contribution >= 0.6 is 11.8 Å². The highest BCUT2D eigenvalue weighted by molar-refractivity contribution is 8.00. The lowest BCUT2D eigenvalue weighted by molar-refractivity contribution is 0.109. The summed E-state index contributed by atoms with van der Waals surface area (Å²) in [5, 5.41) is 20.8. The van der Waals surface area contributed by atoms with Crippen LogP contribution in [0.3, 0.4) is 0 Å². The van der Waals surface area contributed by atoms with Crippen molar-refractivity contribution >= 4 is 11.8 Å². The standard InChI is InChI=1S/C14H26O2S/c1-9-3-5-11(15)13(7-9)17-14-8-10(2)4-6-12(14)16/h9-16H,3-8H2,1-2H3. The topological polar surface area (TPSA) is 40.5 Å². The van der Waals surface area contributed by atoms with Crippen LogP contribution in [0.15, 0.2) is 0 Å². The molecule has 0 saturated heterocycles. The third-order valence-corrected chi connectivity index (χ3v) is 6.10. The fraction of sp³-hybridized carbons (Fsp3) is 1.00. The summed E-state index contributed by atoms with van der Waals surface area (Å²) < 4.78 is 0. The Bertz CT molecular complexity index is 222. The van der Waals surface area contributed by atoms with Gasteiger partial charge in [-0.05, 0) is 50.4 Å². The molecule has 2 nitrogen and oxygen atoms in total. The van der Waals surface area contributed by atoms with E-state index in [4.69, 9.17) is 0 Å². The molecular weight excluding hydrogens is 232 g/mol. The Morgan fingerprint density at radius 1 is 0.765 bits per heavy atom. The maximum Gasteiger partial charge on any atom is 0.0659 e. The van der Waals surface area contributed by atoms with Crippen molar-refractivity contribution in [2.45, 2.75) is 75.1 Å². The normalized spacial score (nSPS) is 48.0. The maximum atomic E-state index is 10.1. The minimum Gasteiger partial charge on any atom is -0.392 e. The molecule has 0 heterocycles. The van der Waals surface area contributed by atoms with Crippen LogP contribution < -0.4 is 0 Å². The van der Waals surface area contributed by atoms with Gasteiger partial charge in [-0.15, -0.1) is 11.8 Å². The lowest BCUT2D eigenvalue weighted by Gasteiger charge is -2.37. The van der Waals surface area contributed by atoms with Gasteiger partial charge in [-0.2, -0.15) is 0 Å². The van der Waals surface area contributed by atoms with E-state index in [-0.39, 0.29) is 12.2 Å². The van der Waals surface area contributed by atoms with Gasteiger partial charge < -0.3 is 10.2 Å². The summed E-state index contributed by atoms with van der Waals surface area (Å²) in [5.74, 6) is 1.46. The quantitative estimate of drug-likeness (QED) is 0.800. The van der Waals surface area contributed by atoms with Crippen LogP contribution in [0, 0.1) is 11.8 Å². The SMILES string of the molecule is CC1CCC(O)C(SC2CC(C)CCC2O)C1. The van der Waals surface area contributed by atoms with Crippen LogP contribution in [0.2, 0.25) is 0 Å². The zero-order chi connectivity index (χ0) is 12.4. The third kappa shape index (κ3) is 3.62. The summed E-state index contributed by atoms with van der Waals surface area (Å²) in [7, 11) is 0. The van der Waals surface area contributed by atoms with Gasteiger partial charge in [0.2, 0.25) is 0 Å². The van der Waals surface area contributed by atoms with Crippen molar-refractivity contribution in [1.82, 2.24) is 0 Å². The fourth-order valence-electron chi connectivity index (χ4n) is 3.14. The first-order chi connectivity index (χ1) is 8.06. The maximum absolute atomic E-state index is 10.1. The molecule has 0 radical (unpaired) electrons. The molecule has 2 fully saturated rings. The molecule has 0 bridgehead atoms. The van der Waals surface area contributed by atoms with Crippen molar-refractivity contribution in [1.29, 1.82) is 0 Å². The van der Waals surface area contributed by atoms with Crippen LogP contribution in [-0.4, -0.2) is 32.9 Å². The first-order valence-electron chi connectivity index (χ1n) is 7.08. The molecule has 0 aromatic carbocycles. The Hall–Kier alpha value is 0.270. The Kier molecular flexibility index (Phi) is 4.79. The van der Waals surface area contributed by atoms with Gasteiger partial charge in [0.25, 0.3) is 0 Å². The minimum atomic E-state index is -0.152. The van der Waals surface area contributed by atoms with Crippen LogP contribution in [0.5, 0.6) is 0 Å². The Labute approximate surface area is 109 Å². The summed E-state index contributed by atoms with van der Waals surface area (Å²) >= 11 is 1.87. The average Bonchev–Trinajstić information content (AvgIpc) is 2.28. The molecule has 2 aliphatic rings. The molecule has 17 heavy (non-hydrogen) atoms. The number of hydrogen-bond acceptors (Lipinski definition) is 3. The molecule has 3 heteroatoms. The molecule has 2 aliphatic carbocycles. The molecule has 0 amide bonds. The van der Waals surface area contributed by atoms with Gasteiger partial charge in [0.15, 0.2) is 0 Å². The second kappa shape index (κ2) is 5.94. The smallest absolute Gasteiger partial charge is 0.0659 e. The highest BCUT2D eigenvalue weighted by Crippen LogP contribution is 2.40. The summed E-state index contributed by atoms with van der Waals surface area (Å²) in [6.45, 7) is 4.55. The molecule has 100 valence electrons. The van der Waals surface area contributed by atoms with E-state index >= 15 is 0 Å². The van der Waals surface area contributed by atoms with Crippen LogP contribution in [-0.2, 0) is 0 Å². The Balaban J connectivity index is 1.89. The molecule has 6 atom stereocenters. The van der Waals surface area contributed by atoms with Crippen molar-refractivity contribution in [3.05, 3.63) is 0 Å². The van der Waals surface area contributed by atoms with Crippen molar-refractivity contribution in [3.63, 3.8) is 0 Å². The van der Waals surface area contributed by atoms with E-state index in [1.54, 1.807) is 0 Å². The highest BCUT2D eigenvalue weighted by atomic mass is 32.2. The number of aliphatic hydroxyl groups is 2. The highest BCUT2D eigenvalue weighted by Gasteiger charge is 2.34. The molecular formula is C14H26O2S. The van der Waals surface area contributed by atoms with Crippen LogP contribution in [0.4, 0.5) is 0 Å². The molecule has 0 aliphatic heterocycles. The summed E-state index contributed by atoms with van der Waals surface area (Å²) in [6, 6.07) is 0. The van der Waals surface area contributed by atoms with Crippen molar-refractivity contribution in [2.24, 2.45) is 11.8 Å². The van der Waals surface area contributed by atoms with Crippen molar-refractivity contribution in [3.8, 4) is 0 Å². The monoisotopic (exact) mass is 258 g/mol. The first-order valence-corrected chi connectivity index (χ1v) is 8.02. The van der Waals surface area contributed by atoms with Gasteiger partial charge in [0.05, 0.1) is 12.2 Å². The van der Waals surface area contributed by atoms with Crippen molar-refractivity contribution in [2.75, 3.05) is 0 Å². The van der Waals surface area contributed by atoms with E-state index < -0.39 is 0 Å². The van der Waals surface area contributed by atoms with Gasteiger partial charge in [-0.1, -0.05) is 13.8 Å². The molecule has 2 N–H and O–H groups in total. The number of rotatable bonds is 2. The number of aliphatic hydroxyl groups excluding tert-OH is 2. The largest absolute Gasteiger partial charge is 0.392 e. The average molecular weight is 258 g/mol. The number of thioether (sulfide) groups is 1. The Morgan fingerprint density at radius 3 is 1.59 bits per heavy atom. The molecule has 6 unspecified atom stereocenters. The Morgan fingerprint density at radius 2 is 1.18 bits per heavy atom. The zero-order valence-corrected chi connectivity index (χ0v) is 11.8. The summed E-state index contributed by atoms with van der Waals surface area (Å²) in [6.07, 6.45) is 6.12. The lowest BCUT2D eigenvalue weighted by Crippen LogP contribution is -2.37. The number of hydrogen-bond donors (Lipinski definition) is 2. The molecule has 0 aromatic rings. The van der Waals surface area contributed by atoms with Gasteiger partial charge in [-0.25, -0.2) is 0 Å². The third-order valence-electron chi connectivity index (χ3n) is 4.39. The van der Waals surface area contributed by atoms with E-state index in [0.29, 0.717) is 10.5 Å². The van der Waals surface area contributed by atoms with E-state index in [2.05, 4.69) is 13.8 Å². The minimum absolute atomic E-state index is 0.152. The lowest BCUT2D eigenvalue weighted by atomic mass is 9.88. The molecule has 0 spiro atoms. The van der Waals surface area contributed by atoms with Crippen molar-refractivity contribution < 1.29 is 10.2 Å². The van der Waals surface area contributed by atoms with E-state index in [1.807, 2.05) is 11.8 Å². The summed E-state index contributed by atoms with van der Waals surface area (Å²) in [5.41, 5.74) is 0. The van der Waals surface area contributed by atoms with Crippen LogP contribution in [0.1, 0.15) is 52.4 Å². The fourth-order valence-corrected chi connectivity index (χ4v) is 5.11. The molecule has 0 aromatic heterocycles. The van der Waals surface area contributed by atoms with Gasteiger partial charge in [0.1, 0.15) is 0 Å². The van der Waals surface area contributed by atoms with Gasteiger partial charge >= 0.3 is 0 Å². The van der Waals surface area contributed by atoms with Gasteiger partial charge in [-0.3, -0.25) is 0 Å². The predicted octanol–water partition coefficient (Wildman–Crippen LogP) is 2.82. The van der Waals surface area contributed by atoms with E-state index in [1.165, 1.54) is 0 Å². The van der Waals surface area contributed by atoms with E-state index in [0.717, 1.165) is 50.4 Å². The van der Waals surface area contributed by atoms with E-state index in [9.17, 15) is 10.2 Å².